The largest absolute Gasteiger partial charge is 0.459 e. The Bertz CT molecular complexity index is 102. The summed E-state index contributed by atoms with van der Waals surface area (Å²) in [6, 6.07) is 0. The lowest BCUT2D eigenvalue weighted by Gasteiger charge is -2.08. The summed E-state index contributed by atoms with van der Waals surface area (Å²) in [5.74, 6) is 0. The molecule has 0 radical (unpaired) electrons. The Kier molecular flexibility index (Phi) is 2.60. The number of carbonyl (C=O) groups excluding carboxylic acids is 1. The Morgan fingerprint density at radius 3 is 2.11 bits per heavy atom. The molecule has 6 heteroatoms. The van der Waals surface area contributed by atoms with Crippen LogP contribution in [0.2, 0.25) is 0 Å². The van der Waals surface area contributed by atoms with Gasteiger partial charge in [-0.3, -0.25) is 4.79 Å². The Morgan fingerprint density at radius 2 is 2.00 bits per heavy atom. The zero-order valence-electron chi connectivity index (χ0n) is 4.14. The van der Waals surface area contributed by atoms with Gasteiger partial charge < -0.3 is 5.11 Å². The normalized spacial score (nSPS) is 15.1. The minimum Gasteiger partial charge on any atom is -0.371 e. The molecule has 54 valence electrons. The third-order valence-corrected chi connectivity index (χ3v) is 0.440. The number of rotatable bonds is 2. The highest BCUT2D eigenvalue weighted by Gasteiger charge is 2.29. The number of carbonyl (C=O) groups is 1. The van der Waals surface area contributed by atoms with Crippen LogP contribution in [-0.2, 0) is 4.79 Å². The van der Waals surface area contributed by atoms with E-state index in [9.17, 15) is 18.0 Å². The summed E-state index contributed by atoms with van der Waals surface area (Å²) in [6.07, 6.45) is -7.13. The molecule has 0 amide bonds. The van der Waals surface area contributed by atoms with Gasteiger partial charge in [-0.2, -0.15) is 18.5 Å². The molecule has 0 heterocycles. The van der Waals surface area contributed by atoms with Crippen LogP contribution < -0.4 is 5.32 Å². The van der Waals surface area contributed by atoms with E-state index in [1.807, 2.05) is 0 Å². The molecule has 0 saturated heterocycles. The minimum absolute atomic E-state index is 0.256. The second-order valence-electron chi connectivity index (χ2n) is 1.22. The first-order chi connectivity index (χ1) is 3.95. The Labute approximate surface area is 48.5 Å². The molecule has 1 unspecified atom stereocenters. The van der Waals surface area contributed by atoms with E-state index < -0.39 is 12.5 Å². The monoisotopic (exact) mass is 143 g/mol. The third-order valence-electron chi connectivity index (χ3n) is 0.440. The maximum Gasteiger partial charge on any atom is 0.459 e. The standard InChI is InChI=1S/C3H4F3NO2/c4-3(5,6)7-2(9)1-8/h1-2,7,9H. The van der Waals surface area contributed by atoms with Crippen molar-refractivity contribution in [3.63, 3.8) is 0 Å². The van der Waals surface area contributed by atoms with E-state index in [-0.39, 0.29) is 6.29 Å². The van der Waals surface area contributed by atoms with Gasteiger partial charge in [0.05, 0.1) is 0 Å². The average molecular weight is 143 g/mol. The van der Waals surface area contributed by atoms with Gasteiger partial charge in [0.15, 0.2) is 12.5 Å². The van der Waals surface area contributed by atoms with Crippen LogP contribution in [0.25, 0.3) is 0 Å². The Morgan fingerprint density at radius 1 is 1.56 bits per heavy atom. The second kappa shape index (κ2) is 2.79. The van der Waals surface area contributed by atoms with Crippen molar-refractivity contribution in [3.8, 4) is 0 Å². The van der Waals surface area contributed by atoms with Crippen molar-refractivity contribution < 1.29 is 23.1 Å². The molecule has 0 aliphatic rings. The summed E-state index contributed by atoms with van der Waals surface area (Å²) in [7, 11) is 0. The fourth-order valence-electron chi connectivity index (χ4n) is 0.202. The van der Waals surface area contributed by atoms with Crippen LogP contribution in [0.15, 0.2) is 0 Å². The number of hydrogen-bond donors (Lipinski definition) is 2. The zero-order chi connectivity index (χ0) is 7.49. The lowest BCUT2D eigenvalue weighted by atomic mass is 10.6. The fraction of sp³-hybridized carbons (Fsp3) is 0.667. The van der Waals surface area contributed by atoms with E-state index >= 15 is 0 Å². The molecule has 0 aromatic heterocycles. The number of hydrogen-bond acceptors (Lipinski definition) is 3. The predicted octanol–water partition coefficient (Wildman–Crippen LogP) is -0.387. The molecule has 1 atom stereocenters. The highest BCUT2D eigenvalue weighted by atomic mass is 19.4. The molecule has 0 aliphatic heterocycles. The van der Waals surface area contributed by atoms with Gasteiger partial charge in [0.1, 0.15) is 0 Å². The smallest absolute Gasteiger partial charge is 0.371 e. The molecule has 9 heavy (non-hydrogen) atoms. The summed E-state index contributed by atoms with van der Waals surface area (Å²) >= 11 is 0. The van der Waals surface area contributed by atoms with Crippen LogP contribution in [0.3, 0.4) is 0 Å². The van der Waals surface area contributed by atoms with Gasteiger partial charge in [0, 0.05) is 0 Å². The van der Waals surface area contributed by atoms with Crippen LogP contribution in [0.5, 0.6) is 0 Å². The van der Waals surface area contributed by atoms with Crippen molar-refractivity contribution in [2.45, 2.75) is 12.5 Å². The van der Waals surface area contributed by atoms with E-state index in [0.717, 1.165) is 0 Å². The van der Waals surface area contributed by atoms with Crippen LogP contribution >= 0.6 is 0 Å². The Balaban J connectivity index is 3.59. The molecule has 0 saturated carbocycles. The topological polar surface area (TPSA) is 49.3 Å². The predicted molar refractivity (Wildman–Crippen MR) is 21.3 cm³/mol. The fourth-order valence-corrected chi connectivity index (χ4v) is 0.202. The van der Waals surface area contributed by atoms with Crippen molar-refractivity contribution in [1.82, 2.24) is 5.32 Å². The summed E-state index contributed by atoms with van der Waals surface area (Å²) in [6.45, 7) is 0. The van der Waals surface area contributed by atoms with Crippen molar-refractivity contribution >= 4 is 6.29 Å². The SMILES string of the molecule is O=CC(O)NC(F)(F)F. The quantitative estimate of drug-likeness (QED) is 0.314. The first kappa shape index (κ1) is 8.38. The number of halogens is 3. The molecule has 0 aromatic carbocycles. The van der Waals surface area contributed by atoms with Gasteiger partial charge in [0.25, 0.3) is 0 Å². The molecular formula is C3H4F3NO2. The van der Waals surface area contributed by atoms with Crippen molar-refractivity contribution in [1.29, 1.82) is 0 Å². The van der Waals surface area contributed by atoms with Crippen LogP contribution in [-0.4, -0.2) is 23.9 Å². The number of aliphatic hydroxyl groups excluding tert-OH is 1. The highest BCUT2D eigenvalue weighted by molar-refractivity contribution is 5.54. The summed E-state index contributed by atoms with van der Waals surface area (Å²) in [4.78, 5) is 9.37. The lowest BCUT2D eigenvalue weighted by molar-refractivity contribution is -0.182. The van der Waals surface area contributed by atoms with Gasteiger partial charge in [-0.25, -0.2) is 0 Å². The average Bonchev–Trinajstić information content (AvgIpc) is 1.62. The molecule has 0 fully saturated rings. The maximum absolute atomic E-state index is 11.1. The van der Waals surface area contributed by atoms with Crippen LogP contribution in [0.1, 0.15) is 0 Å². The third kappa shape index (κ3) is 5.25. The summed E-state index contributed by atoms with van der Waals surface area (Å²) in [5, 5.41) is 8.65. The molecular weight excluding hydrogens is 139 g/mol. The summed E-state index contributed by atoms with van der Waals surface area (Å²) < 4.78 is 33.2. The highest BCUT2D eigenvalue weighted by Crippen LogP contribution is 2.09. The second-order valence-corrected chi connectivity index (χ2v) is 1.22. The molecule has 0 bridgehead atoms. The number of alkyl halides is 3. The Hall–Kier alpha value is -0.620. The van der Waals surface area contributed by atoms with E-state index in [1.54, 1.807) is 0 Å². The first-order valence-corrected chi connectivity index (χ1v) is 1.93. The van der Waals surface area contributed by atoms with E-state index in [2.05, 4.69) is 0 Å². The van der Waals surface area contributed by atoms with Crippen LogP contribution in [0, 0.1) is 0 Å². The van der Waals surface area contributed by atoms with Crippen molar-refractivity contribution in [2.75, 3.05) is 0 Å². The molecule has 0 spiro atoms. The van der Waals surface area contributed by atoms with Crippen molar-refractivity contribution in [2.24, 2.45) is 0 Å². The molecule has 0 rings (SSSR count). The number of nitrogens with one attached hydrogen (secondary N) is 1. The molecule has 2 N–H and O–H groups in total. The maximum atomic E-state index is 11.1. The van der Waals surface area contributed by atoms with E-state index in [0.29, 0.717) is 5.32 Å². The van der Waals surface area contributed by atoms with Gasteiger partial charge in [-0.1, -0.05) is 0 Å². The van der Waals surface area contributed by atoms with Gasteiger partial charge in [-0.15, -0.1) is 0 Å². The van der Waals surface area contributed by atoms with E-state index in [1.165, 1.54) is 0 Å². The number of aliphatic hydroxyl groups is 1. The van der Waals surface area contributed by atoms with Gasteiger partial charge in [0.2, 0.25) is 0 Å². The van der Waals surface area contributed by atoms with Gasteiger partial charge >= 0.3 is 6.30 Å². The summed E-state index contributed by atoms with van der Waals surface area (Å²) in [5.41, 5.74) is 0. The molecule has 0 aromatic rings. The zero-order valence-corrected chi connectivity index (χ0v) is 4.14. The first-order valence-electron chi connectivity index (χ1n) is 1.93. The van der Waals surface area contributed by atoms with Crippen molar-refractivity contribution in [3.05, 3.63) is 0 Å². The number of aldehydes is 1. The van der Waals surface area contributed by atoms with Crippen LogP contribution in [0.4, 0.5) is 13.2 Å². The lowest BCUT2D eigenvalue weighted by Crippen LogP contribution is -2.41. The molecule has 3 nitrogen and oxygen atoms in total. The van der Waals surface area contributed by atoms with E-state index in [4.69, 9.17) is 5.11 Å². The molecule has 0 aliphatic carbocycles. The van der Waals surface area contributed by atoms with Gasteiger partial charge in [-0.05, 0) is 0 Å². The minimum atomic E-state index is -4.71.